The lowest BCUT2D eigenvalue weighted by Gasteiger charge is -2.08. The van der Waals surface area contributed by atoms with Gasteiger partial charge in [0.15, 0.2) is 0 Å². The molecule has 0 saturated heterocycles. The summed E-state index contributed by atoms with van der Waals surface area (Å²) in [6.07, 6.45) is 0. The van der Waals surface area contributed by atoms with Gasteiger partial charge in [-0.3, -0.25) is 9.59 Å². The van der Waals surface area contributed by atoms with Crippen LogP contribution in [0.25, 0.3) is 0 Å². The van der Waals surface area contributed by atoms with E-state index in [9.17, 15) is 9.59 Å². The van der Waals surface area contributed by atoms with E-state index >= 15 is 0 Å². The van der Waals surface area contributed by atoms with Crippen LogP contribution < -0.4 is 0 Å². The van der Waals surface area contributed by atoms with Gasteiger partial charge in [-0.1, -0.05) is 28.8 Å². The topological polar surface area (TPSA) is 140 Å². The average Bonchev–Trinajstić information content (AvgIpc) is 2.36. The van der Waals surface area contributed by atoms with Gasteiger partial charge in [0.25, 0.3) is 0 Å². The molecule has 0 heterocycles. The largest absolute Gasteiger partial charge is 0.360 e. The molecule has 0 aliphatic heterocycles. The van der Waals surface area contributed by atoms with Crippen molar-refractivity contribution < 1.29 is 9.59 Å². The predicted octanol–water partition coefficient (Wildman–Crippen LogP) is 2.73. The second-order valence-corrected chi connectivity index (χ2v) is 2.45. The van der Waals surface area contributed by atoms with Crippen molar-refractivity contribution in [2.75, 3.05) is 0 Å². The maximum absolute atomic E-state index is 11.4. The molecule has 0 aromatic carbocycles. The molecule has 2 amide bonds. The molecule has 0 spiro atoms. The molecule has 0 aromatic rings. The summed E-state index contributed by atoms with van der Waals surface area (Å²) in [7, 11) is 0. The molecule has 0 aliphatic carbocycles. The van der Waals surface area contributed by atoms with Crippen LogP contribution in [-0.4, -0.2) is 22.1 Å². The van der Waals surface area contributed by atoms with Crippen LogP contribution in [0.5, 0.6) is 0 Å². The zero-order valence-electron chi connectivity index (χ0n) is 7.80. The Balaban J connectivity index is 5.09. The number of carbonyl (C=O) groups excluding carboxylic acids is 2. The third kappa shape index (κ3) is 5.22. The highest BCUT2D eigenvalue weighted by Crippen LogP contribution is 2.05. The van der Waals surface area contributed by atoms with Crippen molar-refractivity contribution in [1.29, 1.82) is 0 Å². The van der Waals surface area contributed by atoms with Gasteiger partial charge in [-0.2, -0.15) is 0 Å². The quantitative estimate of drug-likeness (QED) is 0.442. The lowest BCUT2D eigenvalue weighted by molar-refractivity contribution is -0.152. The number of rotatable bonds is 4. The van der Waals surface area contributed by atoms with E-state index in [0.29, 0.717) is 0 Å². The molecule has 0 aromatic heterocycles. The predicted molar refractivity (Wildman–Crippen MR) is 56.5 cm³/mol. The van der Waals surface area contributed by atoms with Crippen LogP contribution in [0, 0.1) is 0 Å². The van der Waals surface area contributed by atoms with Crippen molar-refractivity contribution in [3.63, 3.8) is 0 Å². The zero-order valence-corrected chi connectivity index (χ0v) is 10.8. The average molecular weight is 338 g/mol. The van der Waals surface area contributed by atoms with Gasteiger partial charge in [-0.15, -0.1) is 0 Å². The van der Waals surface area contributed by atoms with Crippen molar-refractivity contribution in [3.8, 4) is 0 Å². The summed E-state index contributed by atoms with van der Waals surface area (Å²) in [6.45, 7) is 0. The van der Waals surface area contributed by atoms with Crippen molar-refractivity contribution in [2.24, 2.45) is 39.4 Å². The lowest BCUT2D eigenvalue weighted by atomic mass is 10.6. The van der Waals surface area contributed by atoms with Crippen molar-refractivity contribution in [1.82, 2.24) is 10.2 Å². The fraction of sp³-hybridized carbons (Fsp3) is 0. The van der Waals surface area contributed by atoms with Crippen molar-refractivity contribution in [3.05, 3.63) is 0 Å². The summed E-state index contributed by atoms with van der Waals surface area (Å²) >= 11 is 19.4. The van der Waals surface area contributed by atoms with Gasteiger partial charge < -0.3 is 0 Å². The Morgan fingerprint density at radius 1 is 0.611 bits per heavy atom. The minimum Gasteiger partial charge on any atom is -0.259 e. The first-order valence-electron chi connectivity index (χ1n) is 3.38. The normalized spacial score (nSPS) is 12.0. The zero-order chi connectivity index (χ0) is 14.0. The number of hydrogen-bond donors (Lipinski definition) is 0. The molecule has 0 fully saturated rings. The minimum absolute atomic E-state index is 0.0445. The molecule has 0 N–H and O–H groups in total. The molecule has 18 heavy (non-hydrogen) atoms. The Hall–Kier alpha value is -1.50. The highest BCUT2D eigenvalue weighted by atomic mass is 35.5. The fourth-order valence-electron chi connectivity index (χ4n) is 0.497. The first kappa shape index (κ1) is 16.5. The summed E-state index contributed by atoms with van der Waals surface area (Å²) in [4.78, 5) is 22.9. The van der Waals surface area contributed by atoms with Gasteiger partial charge >= 0.3 is 11.8 Å². The van der Waals surface area contributed by atoms with Crippen molar-refractivity contribution >= 4 is 58.9 Å². The molecule has 0 aliphatic rings. The Kier molecular flexibility index (Phi) is 8.73. The van der Waals surface area contributed by atoms with Crippen LogP contribution in [-0.2, 0) is 9.59 Å². The molecule has 16 heteroatoms. The molecule has 12 nitrogen and oxygen atoms in total. The van der Waals surface area contributed by atoms with E-state index in [1.165, 1.54) is 0 Å². The van der Waals surface area contributed by atoms with Crippen LogP contribution >= 0.6 is 47.1 Å². The fourth-order valence-corrected chi connectivity index (χ4v) is 0.754. The van der Waals surface area contributed by atoms with E-state index in [1.54, 1.807) is 0 Å². The van der Waals surface area contributed by atoms with Crippen molar-refractivity contribution in [2.45, 2.75) is 0 Å². The lowest BCUT2D eigenvalue weighted by Crippen LogP contribution is -2.36. The van der Waals surface area contributed by atoms with Gasteiger partial charge in [0, 0.05) is 0 Å². The van der Waals surface area contributed by atoms with Crippen LogP contribution in [0.1, 0.15) is 0 Å². The highest BCUT2D eigenvalue weighted by Gasteiger charge is 2.29. The molecular formula is C2Cl4N10O2. The van der Waals surface area contributed by atoms with Gasteiger partial charge in [0.05, 0.1) is 47.1 Å². The van der Waals surface area contributed by atoms with Crippen LogP contribution in [0.3, 0.4) is 0 Å². The van der Waals surface area contributed by atoms with Gasteiger partial charge in [-0.05, 0) is 20.9 Å². The van der Waals surface area contributed by atoms with Gasteiger partial charge in [0.2, 0.25) is 0 Å². The van der Waals surface area contributed by atoms with Crippen LogP contribution in [0.15, 0.2) is 39.4 Å². The van der Waals surface area contributed by atoms with E-state index in [1.807, 2.05) is 0 Å². The Morgan fingerprint density at radius 3 is 1.00 bits per heavy atom. The summed E-state index contributed by atoms with van der Waals surface area (Å²) in [5.41, 5.74) is 0. The Labute approximate surface area is 118 Å². The first-order chi connectivity index (χ1) is 8.62. The minimum atomic E-state index is -1.45. The van der Waals surface area contributed by atoms with E-state index < -0.39 is 11.8 Å². The molecule has 0 atom stereocenters. The second-order valence-electron chi connectivity index (χ2n) is 1.85. The summed E-state index contributed by atoms with van der Waals surface area (Å²) in [5.74, 6) is -2.89. The highest BCUT2D eigenvalue weighted by molar-refractivity contribution is 6.34. The third-order valence-electron chi connectivity index (χ3n) is 1.02. The molecule has 0 saturated carbocycles. The van der Waals surface area contributed by atoms with E-state index in [-0.39, 0.29) is 10.2 Å². The SMILES string of the molecule is O=C(C(=O)N(N=NCl)N=NCl)N(N=NCl)N=NCl. The van der Waals surface area contributed by atoms with Gasteiger partial charge in [-0.25, -0.2) is 0 Å². The van der Waals surface area contributed by atoms with E-state index in [0.717, 1.165) is 0 Å². The molecule has 0 unspecified atom stereocenters. The summed E-state index contributed by atoms with van der Waals surface area (Å²) in [5, 5.41) is 11.7. The number of amides is 2. The summed E-state index contributed by atoms with van der Waals surface area (Å²) in [6, 6.07) is 0. The van der Waals surface area contributed by atoms with E-state index in [4.69, 9.17) is 47.1 Å². The molecule has 0 radical (unpaired) electrons. The first-order valence-corrected chi connectivity index (χ1v) is 4.73. The van der Waals surface area contributed by atoms with Gasteiger partial charge in [0.1, 0.15) is 0 Å². The number of halogens is 4. The number of nitrogens with zero attached hydrogens (tertiary/aromatic N) is 10. The smallest absolute Gasteiger partial charge is 0.259 e. The molecule has 0 rings (SSSR count). The molecule has 98 valence electrons. The number of hydrogen-bond acceptors (Lipinski definition) is 10. The van der Waals surface area contributed by atoms with E-state index in [2.05, 4.69) is 39.4 Å². The number of carbonyl (C=O) groups is 2. The standard InChI is InChI=1S/C2Cl4N10O2/c3-7-11-15(12-8-4)1(17)2(18)16(13-9-5)14-10-6. The Morgan fingerprint density at radius 2 is 0.833 bits per heavy atom. The molecule has 0 bridgehead atoms. The maximum Gasteiger partial charge on any atom is 0.360 e. The summed E-state index contributed by atoms with van der Waals surface area (Å²) < 4.78 is 10.7. The monoisotopic (exact) mass is 336 g/mol. The van der Waals surface area contributed by atoms with Crippen LogP contribution in [0.2, 0.25) is 0 Å². The Bertz CT molecular complexity index is 343. The second kappa shape index (κ2) is 9.52. The molecular weight excluding hydrogens is 338 g/mol. The van der Waals surface area contributed by atoms with Crippen LogP contribution in [0.4, 0.5) is 0 Å². The maximum atomic E-state index is 11.4. The third-order valence-corrected chi connectivity index (χ3v) is 1.29.